The number of benzene rings is 1. The number of hydrogen-bond acceptors (Lipinski definition) is 4. The number of piperazine rings is 1. The number of nitrogens with zero attached hydrogens (tertiary/aromatic N) is 1. The van der Waals surface area contributed by atoms with Gasteiger partial charge in [0.1, 0.15) is 11.6 Å². The van der Waals surface area contributed by atoms with Gasteiger partial charge < -0.3 is 15.2 Å². The highest BCUT2D eigenvalue weighted by Crippen LogP contribution is 2.44. The van der Waals surface area contributed by atoms with Gasteiger partial charge in [-0.1, -0.05) is 13.8 Å². The lowest BCUT2D eigenvalue weighted by molar-refractivity contribution is -0.271. The van der Waals surface area contributed by atoms with Gasteiger partial charge in [-0.15, -0.1) is 0 Å². The lowest BCUT2D eigenvalue weighted by Crippen LogP contribution is -2.58. The monoisotopic (exact) mass is 378 g/mol. The summed E-state index contributed by atoms with van der Waals surface area (Å²) in [5.41, 5.74) is -3.78. The Morgan fingerprint density at radius 2 is 1.81 bits per heavy atom. The van der Waals surface area contributed by atoms with Gasteiger partial charge in [-0.3, -0.25) is 4.90 Å². The Hall–Kier alpha value is -1.38. The van der Waals surface area contributed by atoms with Crippen molar-refractivity contribution >= 4 is 0 Å². The molecule has 1 aliphatic rings. The fourth-order valence-electron chi connectivity index (χ4n) is 3.52. The first-order chi connectivity index (χ1) is 12.0. The van der Waals surface area contributed by atoms with E-state index in [9.17, 15) is 22.7 Å². The van der Waals surface area contributed by atoms with Crippen molar-refractivity contribution in [3.05, 3.63) is 29.6 Å². The smallest absolute Gasteiger partial charge is 0.418 e. The molecule has 0 radical (unpaired) electrons. The molecule has 0 spiro atoms. The molecule has 0 amide bonds. The zero-order valence-corrected chi connectivity index (χ0v) is 15.3. The van der Waals surface area contributed by atoms with Crippen LogP contribution in [0.15, 0.2) is 18.2 Å². The summed E-state index contributed by atoms with van der Waals surface area (Å²) in [6.07, 6.45) is -5.41. The minimum Gasteiger partial charge on any atom is -0.496 e. The fraction of sp³-hybridized carbons (Fsp3) is 0.667. The molecule has 8 heteroatoms. The van der Waals surface area contributed by atoms with Crippen molar-refractivity contribution in [1.29, 1.82) is 0 Å². The topological polar surface area (TPSA) is 44.7 Å². The molecule has 26 heavy (non-hydrogen) atoms. The van der Waals surface area contributed by atoms with Crippen LogP contribution in [0.3, 0.4) is 0 Å². The third kappa shape index (κ3) is 4.66. The number of hydrogen-bond donors (Lipinski definition) is 2. The molecular formula is C18H26F4N2O2. The van der Waals surface area contributed by atoms with E-state index in [0.717, 1.165) is 0 Å². The fourth-order valence-corrected chi connectivity index (χ4v) is 3.52. The van der Waals surface area contributed by atoms with E-state index < -0.39 is 36.0 Å². The van der Waals surface area contributed by atoms with Crippen LogP contribution in [-0.4, -0.2) is 61.6 Å². The predicted octanol–water partition coefficient (Wildman–Crippen LogP) is 2.70. The lowest BCUT2D eigenvalue weighted by atomic mass is 9.74. The molecule has 2 rings (SSSR count). The van der Waals surface area contributed by atoms with Gasteiger partial charge in [0.2, 0.25) is 0 Å². The average molecular weight is 378 g/mol. The first-order valence-corrected chi connectivity index (χ1v) is 8.55. The Morgan fingerprint density at radius 1 is 1.19 bits per heavy atom. The number of ether oxygens (including phenoxy) is 1. The van der Waals surface area contributed by atoms with Gasteiger partial charge in [-0.25, -0.2) is 4.39 Å². The number of nitrogens with one attached hydrogen (secondary N) is 1. The van der Waals surface area contributed by atoms with Crippen LogP contribution in [-0.2, 0) is 5.41 Å². The van der Waals surface area contributed by atoms with Crippen molar-refractivity contribution in [2.75, 3.05) is 39.8 Å². The second kappa shape index (κ2) is 7.70. The van der Waals surface area contributed by atoms with Gasteiger partial charge in [0.25, 0.3) is 0 Å². The van der Waals surface area contributed by atoms with E-state index in [4.69, 9.17) is 4.74 Å². The Balaban J connectivity index is 2.33. The minimum atomic E-state index is -4.81. The summed E-state index contributed by atoms with van der Waals surface area (Å²) in [5.74, 6) is -0.269. The lowest BCUT2D eigenvalue weighted by Gasteiger charge is -2.41. The first kappa shape index (κ1) is 20.9. The number of alkyl halides is 3. The molecule has 1 unspecified atom stereocenters. The van der Waals surface area contributed by atoms with Crippen LogP contribution >= 0.6 is 0 Å². The number of rotatable bonds is 6. The van der Waals surface area contributed by atoms with E-state index in [1.807, 2.05) is 0 Å². The van der Waals surface area contributed by atoms with Crippen molar-refractivity contribution in [3.8, 4) is 5.75 Å². The zero-order chi connectivity index (χ0) is 19.6. The quantitative estimate of drug-likeness (QED) is 0.748. The normalized spacial score (nSPS) is 19.2. The molecule has 148 valence electrons. The standard InChI is InChI=1S/C18H26F4N2O2/c1-16(2,14-10-13(19)4-5-15(14)26-3)11-17(25,18(20,21)22)12-24-8-6-23-7-9-24/h4-5,10,23,25H,6-9,11-12H2,1-3H3. The summed E-state index contributed by atoms with van der Waals surface area (Å²) in [5, 5.41) is 13.7. The molecule has 4 nitrogen and oxygen atoms in total. The van der Waals surface area contributed by atoms with Crippen LogP contribution in [0, 0.1) is 5.82 Å². The molecule has 1 heterocycles. The molecular weight excluding hydrogens is 352 g/mol. The van der Waals surface area contributed by atoms with E-state index >= 15 is 0 Å². The highest BCUT2D eigenvalue weighted by molar-refractivity contribution is 5.39. The highest BCUT2D eigenvalue weighted by atomic mass is 19.4. The van der Waals surface area contributed by atoms with Gasteiger partial charge in [-0.05, 0) is 30.0 Å². The van der Waals surface area contributed by atoms with E-state index in [1.165, 1.54) is 25.3 Å². The van der Waals surface area contributed by atoms with Gasteiger partial charge in [0.15, 0.2) is 5.60 Å². The summed E-state index contributed by atoms with van der Waals surface area (Å²) in [6, 6.07) is 3.74. The predicted molar refractivity (Wildman–Crippen MR) is 90.9 cm³/mol. The number of aliphatic hydroxyl groups is 1. The van der Waals surface area contributed by atoms with Crippen molar-refractivity contribution in [2.45, 2.75) is 37.5 Å². The second-order valence-corrected chi connectivity index (χ2v) is 7.46. The third-order valence-electron chi connectivity index (χ3n) is 4.85. The number of methoxy groups -OCH3 is 1. The van der Waals surface area contributed by atoms with Crippen molar-refractivity contribution in [1.82, 2.24) is 10.2 Å². The molecule has 1 aromatic rings. The maximum absolute atomic E-state index is 13.8. The van der Waals surface area contributed by atoms with E-state index in [0.29, 0.717) is 37.5 Å². The molecule has 1 atom stereocenters. The van der Waals surface area contributed by atoms with Crippen LogP contribution in [0.2, 0.25) is 0 Å². The highest BCUT2D eigenvalue weighted by Gasteiger charge is 2.56. The Morgan fingerprint density at radius 3 is 2.35 bits per heavy atom. The third-order valence-corrected chi connectivity index (χ3v) is 4.85. The SMILES string of the molecule is COc1ccc(F)cc1C(C)(C)CC(O)(CN1CCNCC1)C(F)(F)F. The Labute approximate surface area is 151 Å². The van der Waals surface area contributed by atoms with Crippen molar-refractivity contribution in [2.24, 2.45) is 0 Å². The molecule has 0 saturated carbocycles. The van der Waals surface area contributed by atoms with E-state index in [1.54, 1.807) is 18.7 Å². The molecule has 1 aromatic carbocycles. The van der Waals surface area contributed by atoms with Crippen LogP contribution in [0.5, 0.6) is 5.75 Å². The number of halogens is 4. The Bertz CT molecular complexity index is 616. The summed E-state index contributed by atoms with van der Waals surface area (Å²) in [6.45, 7) is 4.62. The van der Waals surface area contributed by atoms with Gasteiger partial charge >= 0.3 is 6.18 Å². The van der Waals surface area contributed by atoms with Gasteiger partial charge in [0, 0.05) is 38.3 Å². The van der Waals surface area contributed by atoms with Crippen LogP contribution in [0.4, 0.5) is 17.6 Å². The van der Waals surface area contributed by atoms with Crippen LogP contribution in [0.1, 0.15) is 25.8 Å². The molecule has 0 aliphatic carbocycles. The summed E-state index contributed by atoms with van der Waals surface area (Å²) in [4.78, 5) is 1.60. The molecule has 1 aliphatic heterocycles. The van der Waals surface area contributed by atoms with E-state index in [-0.39, 0.29) is 0 Å². The molecule has 1 saturated heterocycles. The van der Waals surface area contributed by atoms with Crippen LogP contribution < -0.4 is 10.1 Å². The van der Waals surface area contributed by atoms with Crippen molar-refractivity contribution < 1.29 is 27.4 Å². The average Bonchev–Trinajstić information content (AvgIpc) is 2.54. The van der Waals surface area contributed by atoms with Crippen LogP contribution in [0.25, 0.3) is 0 Å². The zero-order valence-electron chi connectivity index (χ0n) is 15.3. The molecule has 0 aromatic heterocycles. The largest absolute Gasteiger partial charge is 0.496 e. The Kier molecular flexibility index (Phi) is 6.20. The minimum absolute atomic E-state index is 0.294. The second-order valence-electron chi connectivity index (χ2n) is 7.46. The van der Waals surface area contributed by atoms with Gasteiger partial charge in [-0.2, -0.15) is 13.2 Å². The van der Waals surface area contributed by atoms with Crippen molar-refractivity contribution in [3.63, 3.8) is 0 Å². The van der Waals surface area contributed by atoms with Gasteiger partial charge in [0.05, 0.1) is 7.11 Å². The molecule has 1 fully saturated rings. The maximum Gasteiger partial charge on any atom is 0.418 e. The summed E-state index contributed by atoms with van der Waals surface area (Å²) < 4.78 is 60.2. The summed E-state index contributed by atoms with van der Waals surface area (Å²) >= 11 is 0. The van der Waals surface area contributed by atoms with E-state index in [2.05, 4.69) is 5.32 Å². The first-order valence-electron chi connectivity index (χ1n) is 8.55. The summed E-state index contributed by atoms with van der Waals surface area (Å²) in [7, 11) is 1.38. The number of β-amino-alcohol motifs (C(OH)–C–C–N with tert-alkyl or cyclic N) is 1. The maximum atomic E-state index is 13.8. The molecule has 2 N–H and O–H groups in total. The molecule has 0 bridgehead atoms.